The molecule has 148 valence electrons. The Bertz CT molecular complexity index is 774. The van der Waals surface area contributed by atoms with Crippen molar-refractivity contribution in [2.24, 2.45) is 0 Å². The van der Waals surface area contributed by atoms with Gasteiger partial charge in [-0.1, -0.05) is 0 Å². The maximum absolute atomic E-state index is 12.9. The van der Waals surface area contributed by atoms with Gasteiger partial charge in [0.25, 0.3) is 5.91 Å². The zero-order valence-corrected chi connectivity index (χ0v) is 16.6. The normalized spacial score (nSPS) is 17.5. The van der Waals surface area contributed by atoms with Crippen molar-refractivity contribution in [2.75, 3.05) is 56.2 Å². The van der Waals surface area contributed by atoms with Crippen LogP contribution in [0.1, 0.15) is 29.6 Å². The van der Waals surface area contributed by atoms with E-state index in [0.29, 0.717) is 0 Å². The highest BCUT2D eigenvalue weighted by atomic mass is 16.5. The standard InChI is InChI=1S/C23H29N3O2/c1-28-22-11-9-21(10-12-22)25-15-17-26(18-16-25)23(27)19-5-7-20(8-6-19)24-13-3-2-4-14-24/h5-12H,2-4,13-18H2,1H3. The van der Waals surface area contributed by atoms with Crippen LogP contribution in [0.15, 0.2) is 48.5 Å². The van der Waals surface area contributed by atoms with Gasteiger partial charge in [-0.2, -0.15) is 0 Å². The van der Waals surface area contributed by atoms with Crippen molar-refractivity contribution in [3.05, 3.63) is 54.1 Å². The van der Waals surface area contributed by atoms with Gasteiger partial charge in [-0.15, -0.1) is 0 Å². The third kappa shape index (κ3) is 4.08. The number of hydrogen-bond acceptors (Lipinski definition) is 4. The van der Waals surface area contributed by atoms with Gasteiger partial charge in [-0.25, -0.2) is 0 Å². The Morgan fingerprint density at radius 1 is 0.714 bits per heavy atom. The van der Waals surface area contributed by atoms with E-state index >= 15 is 0 Å². The molecule has 1 amide bonds. The van der Waals surface area contributed by atoms with E-state index in [4.69, 9.17) is 4.74 Å². The summed E-state index contributed by atoms with van der Waals surface area (Å²) in [5, 5.41) is 0. The number of nitrogens with zero attached hydrogens (tertiary/aromatic N) is 3. The molecule has 0 N–H and O–H groups in total. The summed E-state index contributed by atoms with van der Waals surface area (Å²) in [6, 6.07) is 16.3. The van der Waals surface area contributed by atoms with E-state index in [-0.39, 0.29) is 5.91 Å². The van der Waals surface area contributed by atoms with E-state index < -0.39 is 0 Å². The van der Waals surface area contributed by atoms with Gasteiger partial charge in [0.1, 0.15) is 5.75 Å². The van der Waals surface area contributed by atoms with Crippen LogP contribution >= 0.6 is 0 Å². The van der Waals surface area contributed by atoms with E-state index in [1.165, 1.54) is 30.6 Å². The quantitative estimate of drug-likeness (QED) is 0.812. The Morgan fingerprint density at radius 3 is 1.82 bits per heavy atom. The number of piperazine rings is 1. The van der Waals surface area contributed by atoms with Crippen LogP contribution in [0.2, 0.25) is 0 Å². The summed E-state index contributed by atoms with van der Waals surface area (Å²) >= 11 is 0. The van der Waals surface area contributed by atoms with Crippen molar-refractivity contribution >= 4 is 17.3 Å². The van der Waals surface area contributed by atoms with Crippen LogP contribution in [0.25, 0.3) is 0 Å². The van der Waals surface area contributed by atoms with Gasteiger partial charge in [-0.3, -0.25) is 4.79 Å². The van der Waals surface area contributed by atoms with Gasteiger partial charge in [0, 0.05) is 56.2 Å². The first-order valence-corrected chi connectivity index (χ1v) is 10.3. The summed E-state index contributed by atoms with van der Waals surface area (Å²) in [5.41, 5.74) is 3.21. The number of carbonyl (C=O) groups excluding carboxylic acids is 1. The lowest BCUT2D eigenvalue weighted by Gasteiger charge is -2.36. The summed E-state index contributed by atoms with van der Waals surface area (Å²) in [7, 11) is 1.68. The lowest BCUT2D eigenvalue weighted by molar-refractivity contribution is 0.0747. The molecule has 2 heterocycles. The average molecular weight is 380 g/mol. The second kappa shape index (κ2) is 8.55. The molecule has 2 fully saturated rings. The summed E-state index contributed by atoms with van der Waals surface area (Å²) in [5.74, 6) is 1.00. The Hall–Kier alpha value is -2.69. The van der Waals surface area contributed by atoms with Crippen LogP contribution in [-0.4, -0.2) is 57.2 Å². The van der Waals surface area contributed by atoms with Crippen molar-refractivity contribution in [3.63, 3.8) is 0 Å². The van der Waals surface area contributed by atoms with Crippen molar-refractivity contribution in [2.45, 2.75) is 19.3 Å². The number of hydrogen-bond donors (Lipinski definition) is 0. The fourth-order valence-electron chi connectivity index (χ4n) is 4.11. The highest BCUT2D eigenvalue weighted by Crippen LogP contribution is 2.23. The topological polar surface area (TPSA) is 36.0 Å². The number of rotatable bonds is 4. The molecule has 2 aliphatic rings. The number of amides is 1. The number of anilines is 2. The molecule has 2 saturated heterocycles. The minimum atomic E-state index is 0.138. The van der Waals surface area contributed by atoms with Crippen molar-refractivity contribution in [1.82, 2.24) is 4.90 Å². The largest absolute Gasteiger partial charge is 0.497 e. The molecular formula is C23H29N3O2. The van der Waals surface area contributed by atoms with Gasteiger partial charge < -0.3 is 19.4 Å². The van der Waals surface area contributed by atoms with E-state index in [2.05, 4.69) is 34.1 Å². The third-order valence-corrected chi connectivity index (χ3v) is 5.84. The van der Waals surface area contributed by atoms with Gasteiger partial charge in [0.05, 0.1) is 7.11 Å². The minimum Gasteiger partial charge on any atom is -0.497 e. The van der Waals surface area contributed by atoms with Crippen LogP contribution in [0, 0.1) is 0 Å². The first-order valence-electron chi connectivity index (χ1n) is 10.3. The Kier molecular flexibility index (Phi) is 5.70. The average Bonchev–Trinajstić information content (AvgIpc) is 2.79. The zero-order valence-electron chi connectivity index (χ0n) is 16.6. The molecule has 0 radical (unpaired) electrons. The molecule has 0 aromatic heterocycles. The van der Waals surface area contributed by atoms with Crippen LogP contribution < -0.4 is 14.5 Å². The Balaban J connectivity index is 1.34. The van der Waals surface area contributed by atoms with E-state index in [0.717, 1.165) is 50.6 Å². The van der Waals surface area contributed by atoms with Crippen molar-refractivity contribution in [1.29, 1.82) is 0 Å². The molecule has 5 nitrogen and oxygen atoms in total. The van der Waals surface area contributed by atoms with Crippen LogP contribution in [0.5, 0.6) is 5.75 Å². The zero-order chi connectivity index (χ0) is 19.3. The summed E-state index contributed by atoms with van der Waals surface area (Å²) < 4.78 is 5.23. The van der Waals surface area contributed by atoms with Crippen LogP contribution in [0.3, 0.4) is 0 Å². The lowest BCUT2D eigenvalue weighted by Crippen LogP contribution is -2.48. The molecule has 0 spiro atoms. The summed E-state index contributed by atoms with van der Waals surface area (Å²) in [6.45, 7) is 5.45. The lowest BCUT2D eigenvalue weighted by atomic mass is 10.1. The predicted molar refractivity (Wildman–Crippen MR) is 114 cm³/mol. The monoisotopic (exact) mass is 379 g/mol. The highest BCUT2D eigenvalue weighted by molar-refractivity contribution is 5.94. The molecule has 28 heavy (non-hydrogen) atoms. The molecule has 0 bridgehead atoms. The maximum atomic E-state index is 12.9. The van der Waals surface area contributed by atoms with E-state index in [1.54, 1.807) is 7.11 Å². The molecule has 2 aliphatic heterocycles. The number of ether oxygens (including phenoxy) is 1. The SMILES string of the molecule is COc1ccc(N2CCN(C(=O)c3ccc(N4CCCCC4)cc3)CC2)cc1. The molecule has 4 rings (SSSR count). The van der Waals surface area contributed by atoms with Crippen molar-refractivity contribution in [3.8, 4) is 5.75 Å². The molecule has 2 aromatic carbocycles. The molecule has 0 atom stereocenters. The van der Waals surface area contributed by atoms with Gasteiger partial charge in [0.15, 0.2) is 0 Å². The molecular weight excluding hydrogens is 350 g/mol. The molecule has 5 heteroatoms. The van der Waals surface area contributed by atoms with Crippen molar-refractivity contribution < 1.29 is 9.53 Å². The first-order chi connectivity index (χ1) is 13.7. The third-order valence-electron chi connectivity index (χ3n) is 5.84. The fourth-order valence-corrected chi connectivity index (χ4v) is 4.11. The molecule has 0 aliphatic carbocycles. The number of benzene rings is 2. The maximum Gasteiger partial charge on any atom is 0.253 e. The number of carbonyl (C=O) groups is 1. The minimum absolute atomic E-state index is 0.138. The number of piperidine rings is 1. The van der Waals surface area contributed by atoms with Gasteiger partial charge in [-0.05, 0) is 67.8 Å². The molecule has 0 unspecified atom stereocenters. The Labute approximate surface area is 167 Å². The molecule has 0 saturated carbocycles. The fraction of sp³-hybridized carbons (Fsp3) is 0.435. The predicted octanol–water partition coefficient (Wildman–Crippen LogP) is 3.65. The second-order valence-corrected chi connectivity index (χ2v) is 7.57. The van der Waals surface area contributed by atoms with Crippen LogP contribution in [0.4, 0.5) is 11.4 Å². The second-order valence-electron chi connectivity index (χ2n) is 7.57. The summed E-state index contributed by atoms with van der Waals surface area (Å²) in [4.78, 5) is 19.6. The highest BCUT2D eigenvalue weighted by Gasteiger charge is 2.22. The summed E-state index contributed by atoms with van der Waals surface area (Å²) in [6.07, 6.45) is 3.86. The molecule has 2 aromatic rings. The van der Waals surface area contributed by atoms with Crippen LogP contribution in [-0.2, 0) is 0 Å². The smallest absolute Gasteiger partial charge is 0.253 e. The van der Waals surface area contributed by atoms with Gasteiger partial charge >= 0.3 is 0 Å². The Morgan fingerprint density at radius 2 is 1.25 bits per heavy atom. The van der Waals surface area contributed by atoms with E-state index in [1.807, 2.05) is 29.2 Å². The first kappa shape index (κ1) is 18.7. The number of methoxy groups -OCH3 is 1. The van der Waals surface area contributed by atoms with E-state index in [9.17, 15) is 4.79 Å². The van der Waals surface area contributed by atoms with Gasteiger partial charge in [0.2, 0.25) is 0 Å².